The molecule has 6 heteroatoms. The normalized spacial score (nSPS) is 8.29. The predicted octanol–water partition coefficient (Wildman–Crippen LogP) is 0.822. The van der Waals surface area contributed by atoms with Crippen LogP contribution in [-0.2, 0) is 0 Å². The predicted molar refractivity (Wildman–Crippen MR) is 50.4 cm³/mol. The van der Waals surface area contributed by atoms with Crippen LogP contribution >= 0.6 is 0 Å². The molecule has 1 heterocycles. The van der Waals surface area contributed by atoms with Crippen molar-refractivity contribution in [3.8, 4) is 11.8 Å². The first-order chi connectivity index (χ1) is 6.84. The summed E-state index contributed by atoms with van der Waals surface area (Å²) in [6.45, 7) is 0.307. The summed E-state index contributed by atoms with van der Waals surface area (Å²) in [4.78, 5) is 19.8. The van der Waals surface area contributed by atoms with Crippen molar-refractivity contribution in [2.45, 2.75) is 6.42 Å². The maximum absolute atomic E-state index is 11.1. The first-order valence-electron chi connectivity index (χ1n) is 3.87. The molecule has 1 aromatic heterocycles. The summed E-state index contributed by atoms with van der Waals surface area (Å²) >= 11 is 0. The summed E-state index contributed by atoms with van der Waals surface area (Å²) in [5.74, 6) is 5.33. The number of aromatic nitrogens is 2. The quantitative estimate of drug-likeness (QED) is 0.245. The summed E-state index contributed by atoms with van der Waals surface area (Å²) in [7, 11) is 0. The van der Waals surface area contributed by atoms with Crippen LogP contribution in [0.2, 0.25) is 0 Å². The zero-order valence-electron chi connectivity index (χ0n) is 7.27. The molecular weight excluding hydrogens is 182 g/mol. The van der Waals surface area contributed by atoms with Crippen LogP contribution in [0.15, 0.2) is 22.4 Å². The molecule has 0 radical (unpaired) electrons. The number of aromatic amines is 1. The van der Waals surface area contributed by atoms with E-state index < -0.39 is 0 Å². The van der Waals surface area contributed by atoms with E-state index in [0.29, 0.717) is 18.5 Å². The molecule has 0 aliphatic heterocycles. The summed E-state index contributed by atoms with van der Waals surface area (Å²) in [6.07, 6.45) is 3.12. The van der Waals surface area contributed by atoms with Crippen LogP contribution in [0.25, 0.3) is 10.4 Å². The monoisotopic (exact) mass is 189 g/mol. The fraction of sp³-hybridized carbons (Fsp3) is 0.250. The van der Waals surface area contributed by atoms with Crippen molar-refractivity contribution in [3.63, 3.8) is 0 Å². The van der Waals surface area contributed by atoms with Gasteiger partial charge in [0.05, 0.1) is 6.33 Å². The highest BCUT2D eigenvalue weighted by Crippen LogP contribution is 1.83. The molecule has 6 nitrogen and oxygen atoms in total. The first kappa shape index (κ1) is 9.84. The third-order valence-corrected chi connectivity index (χ3v) is 1.34. The minimum atomic E-state index is -0.267. The Morgan fingerprint density at radius 2 is 2.57 bits per heavy atom. The Hall–Kier alpha value is -2.25. The highest BCUT2D eigenvalue weighted by atomic mass is 16.1. The van der Waals surface area contributed by atoms with Gasteiger partial charge in [-0.1, -0.05) is 17.0 Å². The summed E-state index contributed by atoms with van der Waals surface area (Å²) in [5.41, 5.74) is 8.02. The Labute approximate surface area is 79.6 Å². The van der Waals surface area contributed by atoms with E-state index in [0.717, 1.165) is 0 Å². The Kier molecular flexibility index (Phi) is 3.80. The number of hydrogen-bond donors (Lipinski definition) is 1. The number of rotatable bonds is 2. The van der Waals surface area contributed by atoms with E-state index in [2.05, 4.69) is 31.8 Å². The second kappa shape index (κ2) is 5.41. The van der Waals surface area contributed by atoms with Gasteiger partial charge in [-0.2, -0.15) is 0 Å². The number of azide groups is 1. The number of H-pyrrole nitrogens is 1. The van der Waals surface area contributed by atoms with Crippen molar-refractivity contribution in [2.24, 2.45) is 5.11 Å². The maximum atomic E-state index is 11.1. The van der Waals surface area contributed by atoms with Gasteiger partial charge in [-0.25, -0.2) is 4.98 Å². The average molecular weight is 189 g/mol. The van der Waals surface area contributed by atoms with Gasteiger partial charge in [0.2, 0.25) is 0 Å². The van der Waals surface area contributed by atoms with E-state index in [-0.39, 0.29) is 5.56 Å². The lowest BCUT2D eigenvalue weighted by Crippen LogP contribution is -2.09. The van der Waals surface area contributed by atoms with E-state index in [4.69, 9.17) is 5.53 Å². The van der Waals surface area contributed by atoms with E-state index in [1.165, 1.54) is 12.5 Å². The van der Waals surface area contributed by atoms with E-state index in [1.807, 2.05) is 0 Å². The van der Waals surface area contributed by atoms with Crippen molar-refractivity contribution >= 4 is 0 Å². The molecule has 0 aromatic carbocycles. The Morgan fingerprint density at radius 3 is 3.29 bits per heavy atom. The van der Waals surface area contributed by atoms with Crippen LogP contribution in [-0.4, -0.2) is 16.5 Å². The molecule has 0 spiro atoms. The standard InChI is InChI=1S/C8H7N5O/c9-13-12-4-2-1-3-7-5-10-6-11-8(7)14/h5-6H,2,4H2,(H,10,11,14). The highest BCUT2D eigenvalue weighted by molar-refractivity contribution is 5.28. The molecular formula is C8H7N5O. The zero-order chi connectivity index (χ0) is 10.2. The fourth-order valence-corrected chi connectivity index (χ4v) is 0.741. The molecule has 1 aromatic rings. The maximum Gasteiger partial charge on any atom is 0.266 e. The third kappa shape index (κ3) is 3.01. The van der Waals surface area contributed by atoms with Crippen LogP contribution in [0.4, 0.5) is 0 Å². The highest BCUT2D eigenvalue weighted by Gasteiger charge is 1.90. The van der Waals surface area contributed by atoms with Crippen LogP contribution in [0.3, 0.4) is 0 Å². The molecule has 0 aliphatic rings. The topological polar surface area (TPSA) is 94.5 Å². The molecule has 0 bridgehead atoms. The molecule has 1 rings (SSSR count). The lowest BCUT2D eigenvalue weighted by atomic mass is 10.3. The van der Waals surface area contributed by atoms with Crippen LogP contribution in [0.1, 0.15) is 12.0 Å². The first-order valence-corrected chi connectivity index (χ1v) is 3.87. The molecule has 0 fully saturated rings. The molecule has 0 saturated carbocycles. The van der Waals surface area contributed by atoms with Crippen molar-refractivity contribution in [3.05, 3.63) is 38.9 Å². The zero-order valence-corrected chi connectivity index (χ0v) is 7.27. The fourth-order valence-electron chi connectivity index (χ4n) is 0.741. The van der Waals surface area contributed by atoms with Crippen molar-refractivity contribution in [1.82, 2.24) is 9.97 Å². The van der Waals surface area contributed by atoms with Gasteiger partial charge in [-0.05, 0) is 5.53 Å². The van der Waals surface area contributed by atoms with Crippen molar-refractivity contribution in [1.29, 1.82) is 0 Å². The Bertz CT molecular complexity index is 460. The van der Waals surface area contributed by atoms with Gasteiger partial charge in [0.15, 0.2) is 0 Å². The molecule has 0 aliphatic carbocycles. The van der Waals surface area contributed by atoms with E-state index >= 15 is 0 Å². The van der Waals surface area contributed by atoms with E-state index in [1.54, 1.807) is 0 Å². The third-order valence-electron chi connectivity index (χ3n) is 1.34. The van der Waals surface area contributed by atoms with Crippen molar-refractivity contribution < 1.29 is 0 Å². The van der Waals surface area contributed by atoms with Gasteiger partial charge in [-0.15, -0.1) is 0 Å². The van der Waals surface area contributed by atoms with Gasteiger partial charge in [0, 0.05) is 24.1 Å². The van der Waals surface area contributed by atoms with Gasteiger partial charge in [-0.3, -0.25) is 4.79 Å². The minimum Gasteiger partial charge on any atom is -0.312 e. The average Bonchev–Trinajstić information content (AvgIpc) is 2.20. The second-order valence-electron chi connectivity index (χ2n) is 2.30. The number of nitrogens with one attached hydrogen (secondary N) is 1. The SMILES string of the molecule is [N-]=[N+]=NCCC#Cc1cnc[nH]c1=O. The van der Waals surface area contributed by atoms with Crippen LogP contribution in [0.5, 0.6) is 0 Å². The van der Waals surface area contributed by atoms with Gasteiger partial charge in [0.1, 0.15) is 5.56 Å². The molecule has 0 atom stereocenters. The minimum absolute atomic E-state index is 0.267. The summed E-state index contributed by atoms with van der Waals surface area (Å²) < 4.78 is 0. The van der Waals surface area contributed by atoms with Gasteiger partial charge in [0.25, 0.3) is 5.56 Å². The molecule has 14 heavy (non-hydrogen) atoms. The van der Waals surface area contributed by atoms with E-state index in [9.17, 15) is 4.79 Å². The molecule has 1 N–H and O–H groups in total. The van der Waals surface area contributed by atoms with Crippen molar-refractivity contribution in [2.75, 3.05) is 6.54 Å². The molecule has 0 unspecified atom stereocenters. The molecule has 70 valence electrons. The largest absolute Gasteiger partial charge is 0.312 e. The number of hydrogen-bond acceptors (Lipinski definition) is 3. The summed E-state index contributed by atoms with van der Waals surface area (Å²) in [6, 6.07) is 0. The summed E-state index contributed by atoms with van der Waals surface area (Å²) in [5, 5.41) is 3.30. The molecule has 0 amide bonds. The Morgan fingerprint density at radius 1 is 1.71 bits per heavy atom. The Balaban J connectivity index is 2.64. The van der Waals surface area contributed by atoms with Gasteiger partial charge >= 0.3 is 0 Å². The smallest absolute Gasteiger partial charge is 0.266 e. The second-order valence-corrected chi connectivity index (χ2v) is 2.30. The lowest BCUT2D eigenvalue weighted by Gasteiger charge is -1.85. The van der Waals surface area contributed by atoms with Gasteiger partial charge < -0.3 is 4.98 Å². The lowest BCUT2D eigenvalue weighted by molar-refractivity contribution is 1.01. The molecule has 0 saturated heterocycles. The van der Waals surface area contributed by atoms with Crippen LogP contribution < -0.4 is 5.56 Å². The van der Waals surface area contributed by atoms with Crippen LogP contribution in [0, 0.1) is 11.8 Å². The number of nitrogens with zero attached hydrogens (tertiary/aromatic N) is 4.